The van der Waals surface area contributed by atoms with Gasteiger partial charge in [-0.25, -0.2) is 0 Å². The maximum absolute atomic E-state index is 12.9. The van der Waals surface area contributed by atoms with E-state index in [-0.39, 0.29) is 5.91 Å². The number of likely N-dealkylation sites (tertiary alicyclic amines) is 1. The molecule has 1 aliphatic heterocycles. The van der Waals surface area contributed by atoms with Gasteiger partial charge in [0.05, 0.1) is 11.4 Å². The molecule has 6 nitrogen and oxygen atoms in total. The third kappa shape index (κ3) is 4.26. The summed E-state index contributed by atoms with van der Waals surface area (Å²) in [5.74, 6) is 1.27. The van der Waals surface area contributed by atoms with E-state index in [2.05, 4.69) is 54.2 Å². The summed E-state index contributed by atoms with van der Waals surface area (Å²) in [6.07, 6.45) is 6.91. The van der Waals surface area contributed by atoms with Gasteiger partial charge in [0.1, 0.15) is 0 Å². The number of nitrogens with zero attached hydrogens (tertiary/aromatic N) is 5. The first-order valence-electron chi connectivity index (χ1n) is 10.4. The molecule has 1 aliphatic rings. The minimum atomic E-state index is 0.172. The van der Waals surface area contributed by atoms with Crippen molar-refractivity contribution in [2.24, 2.45) is 0 Å². The Morgan fingerprint density at radius 3 is 2.80 bits per heavy atom. The molecule has 0 N–H and O–H groups in total. The molecule has 2 aromatic heterocycles. The highest BCUT2D eigenvalue weighted by Crippen LogP contribution is 2.30. The van der Waals surface area contributed by atoms with Crippen LogP contribution in [0, 0.1) is 13.8 Å². The van der Waals surface area contributed by atoms with Gasteiger partial charge in [0.15, 0.2) is 11.0 Å². The van der Waals surface area contributed by atoms with Crippen LogP contribution < -0.4 is 0 Å². The third-order valence-corrected chi connectivity index (χ3v) is 6.51. The van der Waals surface area contributed by atoms with E-state index in [0.717, 1.165) is 47.2 Å². The number of benzene rings is 1. The van der Waals surface area contributed by atoms with Crippen molar-refractivity contribution < 1.29 is 4.79 Å². The lowest BCUT2D eigenvalue weighted by Gasteiger charge is -2.33. The van der Waals surface area contributed by atoms with Gasteiger partial charge in [0, 0.05) is 30.5 Å². The van der Waals surface area contributed by atoms with Crippen LogP contribution in [0.25, 0.3) is 17.1 Å². The molecule has 30 heavy (non-hydrogen) atoms. The second-order valence-corrected chi connectivity index (χ2v) is 8.84. The van der Waals surface area contributed by atoms with Gasteiger partial charge in [-0.2, -0.15) is 0 Å². The van der Waals surface area contributed by atoms with Gasteiger partial charge in [-0.1, -0.05) is 29.5 Å². The predicted octanol–water partition coefficient (Wildman–Crippen LogP) is 4.44. The second kappa shape index (κ2) is 9.00. The lowest BCUT2D eigenvalue weighted by Crippen LogP contribution is -2.42. The molecule has 0 radical (unpaired) electrons. The number of rotatable bonds is 5. The monoisotopic (exact) mass is 421 g/mol. The van der Waals surface area contributed by atoms with E-state index in [9.17, 15) is 4.79 Å². The van der Waals surface area contributed by atoms with E-state index in [0.29, 0.717) is 11.8 Å². The smallest absolute Gasteiger partial charge is 0.233 e. The van der Waals surface area contributed by atoms with Crippen LogP contribution in [0.1, 0.15) is 37.3 Å². The largest absolute Gasteiger partial charge is 0.339 e. The molecule has 1 fully saturated rings. The molecular formula is C23H27N5OS. The Morgan fingerprint density at radius 1 is 1.20 bits per heavy atom. The molecule has 0 saturated carbocycles. The Morgan fingerprint density at radius 2 is 2.07 bits per heavy atom. The fourth-order valence-corrected chi connectivity index (χ4v) is 4.83. The standard InChI is InChI=1S/C23H27N5OS/c1-16-9-10-20(17(2)13-16)28-22(19-8-6-11-24-14-19)25-26-23(28)30-15-21(29)27-12-5-4-7-18(27)3/h6,8-11,13-14,18H,4-5,7,12,15H2,1-3H3/t18-/m1/s1. The van der Waals surface area contributed by atoms with Crippen LogP contribution in [-0.2, 0) is 4.79 Å². The third-order valence-electron chi connectivity index (χ3n) is 5.59. The molecule has 1 saturated heterocycles. The number of hydrogen-bond donors (Lipinski definition) is 0. The molecule has 1 atom stereocenters. The molecule has 3 heterocycles. The van der Waals surface area contributed by atoms with Crippen molar-refractivity contribution in [1.29, 1.82) is 0 Å². The Kier molecular flexibility index (Phi) is 6.18. The number of piperidine rings is 1. The molecule has 156 valence electrons. The highest BCUT2D eigenvalue weighted by Gasteiger charge is 2.24. The SMILES string of the molecule is Cc1ccc(-n2c(SCC(=O)N3CCCC[C@H]3C)nnc2-c2cccnc2)c(C)c1. The summed E-state index contributed by atoms with van der Waals surface area (Å²) in [6.45, 7) is 7.16. The summed E-state index contributed by atoms with van der Waals surface area (Å²) in [7, 11) is 0. The maximum Gasteiger partial charge on any atom is 0.233 e. The average molecular weight is 422 g/mol. The first-order valence-corrected chi connectivity index (χ1v) is 11.4. The number of carbonyl (C=O) groups is 1. The van der Waals surface area contributed by atoms with Crippen molar-refractivity contribution >= 4 is 17.7 Å². The first-order chi connectivity index (χ1) is 14.5. The zero-order valence-electron chi connectivity index (χ0n) is 17.7. The molecule has 0 bridgehead atoms. The summed E-state index contributed by atoms with van der Waals surface area (Å²) in [5, 5.41) is 9.63. The van der Waals surface area contributed by atoms with Gasteiger partial charge in [-0.05, 0) is 63.8 Å². The fraction of sp³-hybridized carbons (Fsp3) is 0.391. The minimum Gasteiger partial charge on any atom is -0.339 e. The number of hydrogen-bond acceptors (Lipinski definition) is 5. The molecule has 3 aromatic rings. The summed E-state index contributed by atoms with van der Waals surface area (Å²) in [4.78, 5) is 19.1. The first kappa shape index (κ1) is 20.6. The van der Waals surface area contributed by atoms with Crippen LogP contribution >= 0.6 is 11.8 Å². The summed E-state index contributed by atoms with van der Waals surface area (Å²) < 4.78 is 2.05. The van der Waals surface area contributed by atoms with Crippen LogP contribution in [0.15, 0.2) is 47.9 Å². The van der Waals surface area contributed by atoms with Crippen molar-refractivity contribution in [2.45, 2.75) is 51.2 Å². The van der Waals surface area contributed by atoms with Gasteiger partial charge in [0.2, 0.25) is 5.91 Å². The normalized spacial score (nSPS) is 16.6. The van der Waals surface area contributed by atoms with E-state index in [4.69, 9.17) is 0 Å². The van der Waals surface area contributed by atoms with E-state index >= 15 is 0 Å². The lowest BCUT2D eigenvalue weighted by molar-refractivity contribution is -0.131. The van der Waals surface area contributed by atoms with Gasteiger partial charge < -0.3 is 4.90 Å². The van der Waals surface area contributed by atoms with Crippen LogP contribution in [0.4, 0.5) is 0 Å². The van der Waals surface area contributed by atoms with E-state index < -0.39 is 0 Å². The molecule has 0 unspecified atom stereocenters. The number of carbonyl (C=O) groups excluding carboxylic acids is 1. The average Bonchev–Trinajstić information content (AvgIpc) is 3.16. The highest BCUT2D eigenvalue weighted by molar-refractivity contribution is 7.99. The van der Waals surface area contributed by atoms with Crippen LogP contribution in [0.2, 0.25) is 0 Å². The van der Waals surface area contributed by atoms with Crippen molar-refractivity contribution in [1.82, 2.24) is 24.6 Å². The van der Waals surface area contributed by atoms with Gasteiger partial charge in [0.25, 0.3) is 0 Å². The zero-order valence-corrected chi connectivity index (χ0v) is 18.5. The summed E-state index contributed by atoms with van der Waals surface area (Å²) in [6, 6.07) is 10.5. The number of aryl methyl sites for hydroxylation is 2. The topological polar surface area (TPSA) is 63.9 Å². The number of aromatic nitrogens is 4. The van der Waals surface area contributed by atoms with Crippen molar-refractivity contribution in [3.63, 3.8) is 0 Å². The van der Waals surface area contributed by atoms with Crippen molar-refractivity contribution in [3.05, 3.63) is 53.9 Å². The Labute approximate surface area is 181 Å². The Hall–Kier alpha value is -2.67. The summed E-state index contributed by atoms with van der Waals surface area (Å²) >= 11 is 1.45. The number of amides is 1. The van der Waals surface area contributed by atoms with Crippen LogP contribution in [-0.4, -0.2) is 48.9 Å². The van der Waals surface area contributed by atoms with Crippen LogP contribution in [0.5, 0.6) is 0 Å². The lowest BCUT2D eigenvalue weighted by atomic mass is 10.0. The van der Waals surface area contributed by atoms with Gasteiger partial charge >= 0.3 is 0 Å². The summed E-state index contributed by atoms with van der Waals surface area (Å²) in [5.41, 5.74) is 4.26. The Balaban J connectivity index is 1.66. The van der Waals surface area contributed by atoms with E-state index in [1.165, 1.54) is 23.7 Å². The molecule has 7 heteroatoms. The van der Waals surface area contributed by atoms with Gasteiger partial charge in [-0.15, -0.1) is 10.2 Å². The molecule has 4 rings (SSSR count). The molecule has 1 amide bonds. The van der Waals surface area contributed by atoms with E-state index in [1.807, 2.05) is 21.6 Å². The molecular weight excluding hydrogens is 394 g/mol. The van der Waals surface area contributed by atoms with Gasteiger partial charge in [-0.3, -0.25) is 14.3 Å². The number of thioether (sulfide) groups is 1. The van der Waals surface area contributed by atoms with Crippen LogP contribution in [0.3, 0.4) is 0 Å². The fourth-order valence-electron chi connectivity index (χ4n) is 4.00. The Bertz CT molecular complexity index is 1030. The molecule has 0 aliphatic carbocycles. The van der Waals surface area contributed by atoms with E-state index in [1.54, 1.807) is 12.4 Å². The van der Waals surface area contributed by atoms with Crippen molar-refractivity contribution in [3.8, 4) is 17.1 Å². The predicted molar refractivity (Wildman–Crippen MR) is 120 cm³/mol. The maximum atomic E-state index is 12.9. The van der Waals surface area contributed by atoms with Crippen molar-refractivity contribution in [2.75, 3.05) is 12.3 Å². The quantitative estimate of drug-likeness (QED) is 0.570. The second-order valence-electron chi connectivity index (χ2n) is 7.89. The minimum absolute atomic E-state index is 0.172. The number of pyridine rings is 1. The molecule has 1 aromatic carbocycles. The molecule has 0 spiro atoms. The zero-order chi connectivity index (χ0) is 21.1. The highest BCUT2D eigenvalue weighted by atomic mass is 32.2.